The fraction of sp³-hybridized carbons (Fsp3) is 0.562. The number of aromatic nitrogens is 2. The maximum atomic E-state index is 12.4. The number of aliphatic hydroxyl groups is 1. The van der Waals surface area contributed by atoms with Gasteiger partial charge in [-0.2, -0.15) is 0 Å². The van der Waals surface area contributed by atoms with Crippen LogP contribution < -0.4 is 21.7 Å². The Kier molecular flexibility index (Phi) is 9.05. The molecule has 0 spiro atoms. The lowest BCUT2D eigenvalue weighted by molar-refractivity contribution is -0.142. The third kappa shape index (κ3) is 6.96. The molecule has 8 N–H and O–H groups in total. The van der Waals surface area contributed by atoms with Gasteiger partial charge in [0.1, 0.15) is 18.1 Å². The van der Waals surface area contributed by atoms with Crippen molar-refractivity contribution in [2.75, 3.05) is 13.2 Å². The zero-order valence-electron chi connectivity index (χ0n) is 15.6. The molecule has 28 heavy (non-hydrogen) atoms. The van der Waals surface area contributed by atoms with Crippen LogP contribution in [0.15, 0.2) is 12.5 Å². The normalized spacial score (nSPS) is 14.0. The van der Waals surface area contributed by atoms with E-state index in [-0.39, 0.29) is 18.9 Å². The number of nitrogens with one attached hydrogen (secondary N) is 4. The van der Waals surface area contributed by atoms with Gasteiger partial charge in [-0.25, -0.2) is 9.78 Å². The fourth-order valence-corrected chi connectivity index (χ4v) is 2.31. The van der Waals surface area contributed by atoms with E-state index in [1.165, 1.54) is 12.5 Å². The van der Waals surface area contributed by atoms with Crippen LogP contribution in [0.2, 0.25) is 0 Å². The number of rotatable bonds is 11. The number of hydrogen-bond acceptors (Lipinski definition) is 7. The zero-order chi connectivity index (χ0) is 21.3. The van der Waals surface area contributed by atoms with Gasteiger partial charge in [0.15, 0.2) is 0 Å². The van der Waals surface area contributed by atoms with Crippen LogP contribution in [0.25, 0.3) is 0 Å². The van der Waals surface area contributed by atoms with Crippen LogP contribution in [0, 0.1) is 5.92 Å². The van der Waals surface area contributed by atoms with E-state index in [4.69, 9.17) is 5.73 Å². The number of carboxylic acid groups (broad SMARTS) is 1. The molecule has 156 valence electrons. The van der Waals surface area contributed by atoms with Crippen molar-refractivity contribution in [2.24, 2.45) is 11.7 Å². The molecular formula is C16H26N6O6. The lowest BCUT2D eigenvalue weighted by Crippen LogP contribution is -2.58. The fourth-order valence-electron chi connectivity index (χ4n) is 2.31. The van der Waals surface area contributed by atoms with Gasteiger partial charge in [-0.1, -0.05) is 13.8 Å². The summed E-state index contributed by atoms with van der Waals surface area (Å²) in [4.78, 5) is 54.1. The topological polar surface area (TPSA) is 200 Å². The number of carbonyl (C=O) groups excluding carboxylic acids is 3. The van der Waals surface area contributed by atoms with Gasteiger partial charge in [0.25, 0.3) is 0 Å². The van der Waals surface area contributed by atoms with E-state index in [0.29, 0.717) is 5.69 Å². The highest BCUT2D eigenvalue weighted by Gasteiger charge is 2.30. The number of aliphatic carboxylic acids is 1. The van der Waals surface area contributed by atoms with Crippen molar-refractivity contribution < 1.29 is 29.4 Å². The number of H-pyrrole nitrogens is 1. The molecule has 0 fully saturated rings. The minimum atomic E-state index is -1.40. The van der Waals surface area contributed by atoms with Crippen molar-refractivity contribution in [2.45, 2.75) is 38.4 Å². The second kappa shape index (κ2) is 11.0. The molecule has 1 aromatic heterocycles. The second-order valence-corrected chi connectivity index (χ2v) is 6.42. The van der Waals surface area contributed by atoms with E-state index >= 15 is 0 Å². The molecule has 0 saturated heterocycles. The summed E-state index contributed by atoms with van der Waals surface area (Å²) < 4.78 is 0. The number of aromatic amines is 1. The first-order valence-electron chi connectivity index (χ1n) is 8.60. The van der Waals surface area contributed by atoms with Crippen molar-refractivity contribution >= 4 is 23.7 Å². The van der Waals surface area contributed by atoms with Crippen LogP contribution in [0.3, 0.4) is 0 Å². The maximum absolute atomic E-state index is 12.4. The highest BCUT2D eigenvalue weighted by Crippen LogP contribution is 2.03. The highest BCUT2D eigenvalue weighted by molar-refractivity contribution is 5.93. The lowest BCUT2D eigenvalue weighted by atomic mass is 10.0. The number of aliphatic hydroxyl groups excluding tert-OH is 1. The van der Waals surface area contributed by atoms with Crippen LogP contribution in [0.1, 0.15) is 19.5 Å². The van der Waals surface area contributed by atoms with Gasteiger partial charge in [-0.15, -0.1) is 0 Å². The predicted molar refractivity (Wildman–Crippen MR) is 96.7 cm³/mol. The summed E-state index contributed by atoms with van der Waals surface area (Å²) in [7, 11) is 0. The Morgan fingerprint density at radius 3 is 2.25 bits per heavy atom. The van der Waals surface area contributed by atoms with Crippen LogP contribution in [-0.4, -0.2) is 75.1 Å². The molecule has 3 amide bonds. The van der Waals surface area contributed by atoms with Crippen LogP contribution >= 0.6 is 0 Å². The predicted octanol–water partition coefficient (Wildman–Crippen LogP) is -2.90. The van der Waals surface area contributed by atoms with Gasteiger partial charge >= 0.3 is 5.97 Å². The molecule has 12 nitrogen and oxygen atoms in total. The number of amides is 3. The highest BCUT2D eigenvalue weighted by atomic mass is 16.4. The van der Waals surface area contributed by atoms with Crippen LogP contribution in [-0.2, 0) is 25.6 Å². The van der Waals surface area contributed by atoms with Crippen molar-refractivity contribution in [3.05, 3.63) is 18.2 Å². The molecule has 3 unspecified atom stereocenters. The van der Waals surface area contributed by atoms with Gasteiger partial charge in [-0.3, -0.25) is 14.4 Å². The van der Waals surface area contributed by atoms with Gasteiger partial charge < -0.3 is 36.9 Å². The van der Waals surface area contributed by atoms with Crippen LogP contribution in [0.5, 0.6) is 0 Å². The van der Waals surface area contributed by atoms with E-state index in [1.807, 2.05) is 0 Å². The molecule has 1 heterocycles. The molecule has 1 rings (SSSR count). The summed E-state index contributed by atoms with van der Waals surface area (Å²) in [6.07, 6.45) is 2.73. The smallest absolute Gasteiger partial charge is 0.326 e. The summed E-state index contributed by atoms with van der Waals surface area (Å²) in [6.45, 7) is 2.29. The third-order valence-corrected chi connectivity index (χ3v) is 3.86. The Labute approximate surface area is 161 Å². The minimum Gasteiger partial charge on any atom is -0.480 e. The van der Waals surface area contributed by atoms with E-state index in [2.05, 4.69) is 25.9 Å². The summed E-state index contributed by atoms with van der Waals surface area (Å²) in [6, 6.07) is -3.66. The number of nitrogens with two attached hydrogens (primary N) is 1. The average molecular weight is 398 g/mol. The Balaban J connectivity index is 2.78. The molecule has 3 atom stereocenters. The summed E-state index contributed by atoms with van der Waals surface area (Å²) in [5, 5.41) is 25.7. The van der Waals surface area contributed by atoms with Crippen LogP contribution in [0.4, 0.5) is 0 Å². The molecule has 0 aromatic carbocycles. The van der Waals surface area contributed by atoms with E-state index in [0.717, 1.165) is 0 Å². The summed E-state index contributed by atoms with van der Waals surface area (Å²) >= 11 is 0. The number of nitrogens with zero attached hydrogens (tertiary/aromatic N) is 1. The molecular weight excluding hydrogens is 372 g/mol. The SMILES string of the molecule is CC(C)C(NC(=O)CN)C(=O)NC(CO)C(=O)NC(Cc1cnc[nH]1)C(=O)O. The minimum absolute atomic E-state index is 0.0612. The number of hydrogen-bond donors (Lipinski definition) is 7. The average Bonchev–Trinajstić information content (AvgIpc) is 3.15. The van der Waals surface area contributed by atoms with Gasteiger partial charge in [0, 0.05) is 18.3 Å². The Hall–Kier alpha value is -2.99. The monoisotopic (exact) mass is 398 g/mol. The third-order valence-electron chi connectivity index (χ3n) is 3.86. The van der Waals surface area contributed by atoms with Crippen molar-refractivity contribution in [3.63, 3.8) is 0 Å². The van der Waals surface area contributed by atoms with Gasteiger partial charge in [0.05, 0.1) is 19.5 Å². The van der Waals surface area contributed by atoms with Crippen molar-refractivity contribution in [1.29, 1.82) is 0 Å². The Morgan fingerprint density at radius 2 is 1.79 bits per heavy atom. The Bertz CT molecular complexity index is 677. The Morgan fingerprint density at radius 1 is 1.14 bits per heavy atom. The first kappa shape index (κ1) is 23.0. The standard InChI is InChI=1S/C16H26N6O6/c1-8(2)13(22-12(24)4-17)15(26)21-11(6-23)14(25)20-10(16(27)28)3-9-5-18-7-19-9/h5,7-8,10-11,13,23H,3-4,6,17H2,1-2H3,(H,18,19)(H,20,25)(H,21,26)(H,22,24)(H,27,28). The maximum Gasteiger partial charge on any atom is 0.326 e. The number of carbonyl (C=O) groups is 4. The molecule has 0 bridgehead atoms. The number of carboxylic acids is 1. The zero-order valence-corrected chi connectivity index (χ0v) is 15.6. The number of imidazole rings is 1. The first-order chi connectivity index (χ1) is 13.2. The molecule has 0 radical (unpaired) electrons. The molecule has 0 aliphatic carbocycles. The largest absolute Gasteiger partial charge is 0.480 e. The first-order valence-corrected chi connectivity index (χ1v) is 8.60. The van der Waals surface area contributed by atoms with E-state index in [1.54, 1.807) is 13.8 Å². The molecule has 0 saturated carbocycles. The lowest BCUT2D eigenvalue weighted by Gasteiger charge is -2.25. The molecule has 0 aliphatic rings. The van der Waals surface area contributed by atoms with Gasteiger partial charge in [-0.05, 0) is 5.92 Å². The quantitative estimate of drug-likeness (QED) is 0.206. The summed E-state index contributed by atoms with van der Waals surface area (Å²) in [5.74, 6) is -3.74. The second-order valence-electron chi connectivity index (χ2n) is 6.42. The van der Waals surface area contributed by atoms with Crippen molar-refractivity contribution in [3.8, 4) is 0 Å². The van der Waals surface area contributed by atoms with E-state index < -0.39 is 48.4 Å². The molecule has 1 aromatic rings. The van der Waals surface area contributed by atoms with E-state index in [9.17, 15) is 29.4 Å². The molecule has 0 aliphatic heterocycles. The van der Waals surface area contributed by atoms with Crippen molar-refractivity contribution in [1.82, 2.24) is 25.9 Å². The van der Waals surface area contributed by atoms with Gasteiger partial charge in [0.2, 0.25) is 17.7 Å². The summed E-state index contributed by atoms with van der Waals surface area (Å²) in [5.41, 5.74) is 5.71. The molecule has 12 heteroatoms.